The first-order valence-electron chi connectivity index (χ1n) is 3.73. The van der Waals surface area contributed by atoms with Crippen molar-refractivity contribution >= 4 is 18.4 Å². The molecule has 1 aromatic carbocycles. The molecule has 0 aliphatic rings. The number of carbonyl (C=O) groups is 3. The molecule has 0 saturated heterocycles. The van der Waals surface area contributed by atoms with E-state index >= 15 is 0 Å². The van der Waals surface area contributed by atoms with Gasteiger partial charge >= 0.3 is 0 Å². The van der Waals surface area contributed by atoms with Crippen molar-refractivity contribution in [2.45, 2.75) is 6.92 Å². The molecule has 0 aliphatic heterocycles. The number of hydrogen-bond acceptors (Lipinski definition) is 3. The Hall–Kier alpha value is -1.77. The zero-order chi connectivity index (χ0) is 9.84. The summed E-state index contributed by atoms with van der Waals surface area (Å²) in [5, 5.41) is 0. The van der Waals surface area contributed by atoms with Crippen molar-refractivity contribution in [1.82, 2.24) is 0 Å². The van der Waals surface area contributed by atoms with Crippen LogP contribution in [0.3, 0.4) is 0 Å². The Kier molecular flexibility index (Phi) is 2.69. The molecule has 0 heterocycles. The van der Waals surface area contributed by atoms with E-state index in [0.717, 1.165) is 0 Å². The van der Waals surface area contributed by atoms with Crippen LogP contribution in [0.2, 0.25) is 0 Å². The first-order valence-corrected chi connectivity index (χ1v) is 3.73. The molecular weight excluding hydrogens is 168 g/mol. The highest BCUT2D eigenvalue weighted by Crippen LogP contribution is 2.08. The van der Waals surface area contributed by atoms with Crippen LogP contribution in [-0.4, -0.2) is 18.4 Å². The highest BCUT2D eigenvalue weighted by Gasteiger charge is 2.03. The molecule has 0 saturated carbocycles. The Balaban J connectivity index is 3.30. The molecule has 0 aliphatic carbocycles. The van der Waals surface area contributed by atoms with Crippen LogP contribution in [0.15, 0.2) is 18.2 Å². The van der Waals surface area contributed by atoms with E-state index < -0.39 is 0 Å². The van der Waals surface area contributed by atoms with E-state index in [1.165, 1.54) is 25.1 Å². The molecule has 3 heteroatoms. The normalized spacial score (nSPS) is 9.31. The SMILES string of the molecule is CC(=O)c1cc(C=O)cc(C=O)c1. The molecule has 1 rings (SSSR count). The Morgan fingerprint density at radius 3 is 1.85 bits per heavy atom. The molecule has 3 nitrogen and oxygen atoms in total. The third kappa shape index (κ3) is 2.08. The van der Waals surface area contributed by atoms with Crippen molar-refractivity contribution in [3.05, 3.63) is 34.9 Å². The molecule has 0 radical (unpaired) electrons. The lowest BCUT2D eigenvalue weighted by Crippen LogP contribution is -1.96. The summed E-state index contributed by atoms with van der Waals surface area (Å²) in [6.45, 7) is 1.39. The van der Waals surface area contributed by atoms with Crippen molar-refractivity contribution in [2.75, 3.05) is 0 Å². The van der Waals surface area contributed by atoms with Gasteiger partial charge in [-0.3, -0.25) is 14.4 Å². The zero-order valence-corrected chi connectivity index (χ0v) is 7.11. The van der Waals surface area contributed by atoms with Crippen LogP contribution in [0.5, 0.6) is 0 Å². The van der Waals surface area contributed by atoms with Gasteiger partial charge in [-0.1, -0.05) is 0 Å². The van der Waals surface area contributed by atoms with E-state index in [9.17, 15) is 14.4 Å². The number of aldehydes is 2. The van der Waals surface area contributed by atoms with Crippen LogP contribution >= 0.6 is 0 Å². The van der Waals surface area contributed by atoms with Crippen molar-refractivity contribution in [3.8, 4) is 0 Å². The first kappa shape index (κ1) is 9.32. The lowest BCUT2D eigenvalue weighted by Gasteiger charge is -1.98. The van der Waals surface area contributed by atoms with E-state index in [4.69, 9.17) is 0 Å². The van der Waals surface area contributed by atoms with Crippen LogP contribution in [0.4, 0.5) is 0 Å². The summed E-state index contributed by atoms with van der Waals surface area (Å²) in [7, 11) is 0. The number of ketones is 1. The average molecular weight is 176 g/mol. The van der Waals surface area contributed by atoms with Gasteiger partial charge in [-0.05, 0) is 25.1 Å². The lowest BCUT2D eigenvalue weighted by atomic mass is 10.0. The smallest absolute Gasteiger partial charge is 0.159 e. The van der Waals surface area contributed by atoms with E-state index in [0.29, 0.717) is 29.3 Å². The fraction of sp³-hybridized carbons (Fsp3) is 0.100. The van der Waals surface area contributed by atoms with Gasteiger partial charge < -0.3 is 0 Å². The summed E-state index contributed by atoms with van der Waals surface area (Å²) in [6.07, 6.45) is 1.22. The molecule has 0 atom stereocenters. The predicted octanol–water partition coefficient (Wildman–Crippen LogP) is 1.51. The summed E-state index contributed by atoms with van der Waals surface area (Å²) < 4.78 is 0. The largest absolute Gasteiger partial charge is 0.298 e. The second kappa shape index (κ2) is 3.76. The molecule has 0 bridgehead atoms. The highest BCUT2D eigenvalue weighted by molar-refractivity contribution is 5.97. The fourth-order valence-corrected chi connectivity index (χ4v) is 1.02. The number of carbonyl (C=O) groups excluding carboxylic acids is 3. The third-order valence-electron chi connectivity index (χ3n) is 1.66. The van der Waals surface area contributed by atoms with Crippen molar-refractivity contribution in [1.29, 1.82) is 0 Å². The van der Waals surface area contributed by atoms with Crippen LogP contribution in [-0.2, 0) is 0 Å². The number of Topliss-reactive ketones (excluding diaryl/α,β-unsaturated/α-hetero) is 1. The van der Waals surface area contributed by atoms with E-state index in [2.05, 4.69) is 0 Å². The molecule has 0 amide bonds. The first-order chi connectivity index (χ1) is 6.17. The summed E-state index contributed by atoms with van der Waals surface area (Å²) in [6, 6.07) is 4.36. The quantitative estimate of drug-likeness (QED) is 0.518. The number of benzene rings is 1. The maximum atomic E-state index is 10.9. The minimum Gasteiger partial charge on any atom is -0.298 e. The minimum atomic E-state index is -0.160. The van der Waals surface area contributed by atoms with Crippen LogP contribution in [0, 0.1) is 0 Å². The van der Waals surface area contributed by atoms with Crippen molar-refractivity contribution in [3.63, 3.8) is 0 Å². The summed E-state index contributed by atoms with van der Waals surface area (Å²) in [5.41, 5.74) is 1.07. The van der Waals surface area contributed by atoms with Gasteiger partial charge in [0.15, 0.2) is 5.78 Å². The van der Waals surface area contributed by atoms with Gasteiger partial charge in [-0.2, -0.15) is 0 Å². The van der Waals surface area contributed by atoms with Crippen molar-refractivity contribution < 1.29 is 14.4 Å². The summed E-state index contributed by atoms with van der Waals surface area (Å²) >= 11 is 0. The Bertz CT molecular complexity index is 340. The fourth-order valence-electron chi connectivity index (χ4n) is 1.02. The lowest BCUT2D eigenvalue weighted by molar-refractivity contribution is 0.101. The molecular formula is C10H8O3. The monoisotopic (exact) mass is 176 g/mol. The second-order valence-corrected chi connectivity index (χ2v) is 2.68. The zero-order valence-electron chi connectivity index (χ0n) is 7.11. The maximum Gasteiger partial charge on any atom is 0.159 e. The number of rotatable bonds is 3. The third-order valence-corrected chi connectivity index (χ3v) is 1.66. The second-order valence-electron chi connectivity index (χ2n) is 2.68. The van der Waals surface area contributed by atoms with Crippen LogP contribution in [0.25, 0.3) is 0 Å². The van der Waals surface area contributed by atoms with Crippen LogP contribution < -0.4 is 0 Å². The minimum absolute atomic E-state index is 0.160. The molecule has 0 unspecified atom stereocenters. The van der Waals surface area contributed by atoms with Crippen molar-refractivity contribution in [2.24, 2.45) is 0 Å². The Labute approximate surface area is 75.4 Å². The molecule has 0 spiro atoms. The van der Waals surface area contributed by atoms with Crippen LogP contribution in [0.1, 0.15) is 38.0 Å². The molecule has 0 N–H and O–H groups in total. The molecule has 1 aromatic rings. The molecule has 66 valence electrons. The van der Waals surface area contributed by atoms with E-state index in [-0.39, 0.29) is 5.78 Å². The average Bonchev–Trinajstić information content (AvgIpc) is 2.16. The van der Waals surface area contributed by atoms with Gasteiger partial charge in [0.1, 0.15) is 12.6 Å². The van der Waals surface area contributed by atoms with Gasteiger partial charge in [-0.25, -0.2) is 0 Å². The number of hydrogen-bond donors (Lipinski definition) is 0. The standard InChI is InChI=1S/C10H8O3/c1-7(13)10-3-8(5-11)2-9(4-10)6-12/h2-6H,1H3. The Morgan fingerprint density at radius 2 is 1.54 bits per heavy atom. The molecule has 0 aromatic heterocycles. The predicted molar refractivity (Wildman–Crippen MR) is 47.2 cm³/mol. The Morgan fingerprint density at radius 1 is 1.08 bits per heavy atom. The van der Waals surface area contributed by atoms with Gasteiger partial charge in [0.05, 0.1) is 0 Å². The van der Waals surface area contributed by atoms with Gasteiger partial charge in [0.25, 0.3) is 0 Å². The van der Waals surface area contributed by atoms with Gasteiger partial charge in [0.2, 0.25) is 0 Å². The van der Waals surface area contributed by atoms with Gasteiger partial charge in [0, 0.05) is 16.7 Å². The highest BCUT2D eigenvalue weighted by atomic mass is 16.1. The summed E-state index contributed by atoms with van der Waals surface area (Å²) in [4.78, 5) is 31.8. The molecule has 0 fully saturated rings. The topological polar surface area (TPSA) is 51.2 Å². The van der Waals surface area contributed by atoms with E-state index in [1.807, 2.05) is 0 Å². The summed E-state index contributed by atoms with van der Waals surface area (Å²) in [5.74, 6) is -0.160. The van der Waals surface area contributed by atoms with E-state index in [1.54, 1.807) is 0 Å². The van der Waals surface area contributed by atoms with Gasteiger partial charge in [-0.15, -0.1) is 0 Å². The molecule has 13 heavy (non-hydrogen) atoms. The maximum absolute atomic E-state index is 10.9.